The second-order valence-electron chi connectivity index (χ2n) is 11.6. The van der Waals surface area contributed by atoms with Gasteiger partial charge in [0.05, 0.1) is 11.7 Å². The second kappa shape index (κ2) is 11.0. The Bertz CT molecular complexity index is 1110. The monoisotopic (exact) mass is 515 g/mol. The van der Waals surface area contributed by atoms with Gasteiger partial charge >= 0.3 is 6.09 Å². The topological polar surface area (TPSA) is 62.3 Å². The molecule has 3 rings (SSSR count). The summed E-state index contributed by atoms with van der Waals surface area (Å²) >= 11 is 0. The highest BCUT2D eigenvalue weighted by Gasteiger charge is 2.32. The quantitative estimate of drug-likeness (QED) is 0.483. The summed E-state index contributed by atoms with van der Waals surface area (Å²) in [6, 6.07) is 12.4. The number of amides is 2. The molecule has 0 radical (unpaired) electrons. The van der Waals surface area contributed by atoms with Crippen molar-refractivity contribution in [3.8, 4) is 5.75 Å². The molecule has 1 heterocycles. The number of benzene rings is 2. The van der Waals surface area contributed by atoms with Crippen LogP contribution in [0.4, 0.5) is 20.6 Å². The second-order valence-corrected chi connectivity index (χ2v) is 11.6. The average molecular weight is 516 g/mol. The number of halogens is 1. The molecule has 8 heteroatoms. The summed E-state index contributed by atoms with van der Waals surface area (Å²) in [5.41, 5.74) is 1.53. The largest absolute Gasteiger partial charge is 0.484 e. The maximum absolute atomic E-state index is 15.1. The van der Waals surface area contributed by atoms with E-state index in [4.69, 9.17) is 9.47 Å². The van der Waals surface area contributed by atoms with Crippen molar-refractivity contribution in [2.24, 2.45) is 0 Å². The van der Waals surface area contributed by atoms with Crippen LogP contribution in [0.5, 0.6) is 5.75 Å². The summed E-state index contributed by atoms with van der Waals surface area (Å²) in [6.07, 6.45) is 0.325. The van der Waals surface area contributed by atoms with Gasteiger partial charge < -0.3 is 24.2 Å². The zero-order valence-corrected chi connectivity index (χ0v) is 23.3. The molecule has 2 aromatic rings. The molecule has 7 nitrogen and oxygen atoms in total. The van der Waals surface area contributed by atoms with Gasteiger partial charge in [0.1, 0.15) is 17.2 Å². The summed E-state index contributed by atoms with van der Waals surface area (Å²) in [4.78, 5) is 30.0. The fourth-order valence-electron chi connectivity index (χ4n) is 4.16. The van der Waals surface area contributed by atoms with E-state index in [0.29, 0.717) is 36.6 Å². The SMILES string of the molecule is CN(C(=O)COc1ccc(C(C)(C)C)cc1)c1ccc(N2CCC(N(C)C(=O)OC(C)(C)C)C2)c(F)c1.[HH]. The number of hydrogen-bond donors (Lipinski definition) is 0. The molecule has 0 N–H and O–H groups in total. The van der Waals surface area contributed by atoms with Crippen LogP contribution >= 0.6 is 0 Å². The van der Waals surface area contributed by atoms with Crippen molar-refractivity contribution in [3.63, 3.8) is 0 Å². The van der Waals surface area contributed by atoms with Crippen LogP contribution in [-0.2, 0) is 14.9 Å². The summed E-state index contributed by atoms with van der Waals surface area (Å²) < 4.78 is 26.2. The lowest BCUT2D eigenvalue weighted by Crippen LogP contribution is -2.42. The molecular formula is C29H42FN3O4. The maximum atomic E-state index is 15.1. The molecular weight excluding hydrogens is 473 g/mol. The molecule has 0 saturated carbocycles. The fourth-order valence-corrected chi connectivity index (χ4v) is 4.16. The molecule has 1 fully saturated rings. The third-order valence-electron chi connectivity index (χ3n) is 6.51. The summed E-state index contributed by atoms with van der Waals surface area (Å²) in [5.74, 6) is -0.0973. The highest BCUT2D eigenvalue weighted by molar-refractivity contribution is 5.94. The van der Waals surface area contributed by atoms with Gasteiger partial charge in [0, 0.05) is 34.3 Å². The molecule has 2 aromatic carbocycles. The lowest BCUT2D eigenvalue weighted by Gasteiger charge is -2.29. The Labute approximate surface area is 221 Å². The number of carbonyl (C=O) groups excluding carboxylic acids is 2. The van der Waals surface area contributed by atoms with Gasteiger partial charge in [0.2, 0.25) is 0 Å². The smallest absolute Gasteiger partial charge is 0.410 e. The van der Waals surface area contributed by atoms with Gasteiger partial charge in [-0.1, -0.05) is 32.9 Å². The molecule has 204 valence electrons. The Balaban J connectivity index is 0.00000507. The van der Waals surface area contributed by atoms with Gasteiger partial charge in [-0.25, -0.2) is 9.18 Å². The van der Waals surface area contributed by atoms with E-state index in [2.05, 4.69) is 20.8 Å². The molecule has 0 aliphatic carbocycles. The first-order valence-electron chi connectivity index (χ1n) is 12.7. The van der Waals surface area contributed by atoms with E-state index in [1.807, 2.05) is 49.9 Å². The molecule has 1 aliphatic rings. The zero-order valence-electron chi connectivity index (χ0n) is 23.3. The third kappa shape index (κ3) is 7.37. The molecule has 1 unspecified atom stereocenters. The Morgan fingerprint density at radius 3 is 2.27 bits per heavy atom. The predicted molar refractivity (Wildman–Crippen MR) is 147 cm³/mol. The average Bonchev–Trinajstić information content (AvgIpc) is 3.30. The summed E-state index contributed by atoms with van der Waals surface area (Å²) in [7, 11) is 3.31. The number of hydrogen-bond acceptors (Lipinski definition) is 5. The molecule has 1 saturated heterocycles. The van der Waals surface area contributed by atoms with Crippen LogP contribution in [0.15, 0.2) is 42.5 Å². The van der Waals surface area contributed by atoms with Crippen LogP contribution < -0.4 is 14.5 Å². The highest BCUT2D eigenvalue weighted by atomic mass is 19.1. The Hall–Kier alpha value is -3.29. The van der Waals surface area contributed by atoms with Gasteiger partial charge in [0.25, 0.3) is 5.91 Å². The van der Waals surface area contributed by atoms with Crippen molar-refractivity contribution in [2.75, 3.05) is 43.6 Å². The lowest BCUT2D eigenvalue weighted by atomic mass is 9.87. The van der Waals surface area contributed by atoms with Gasteiger partial charge in [-0.15, -0.1) is 0 Å². The van der Waals surface area contributed by atoms with Gasteiger partial charge in [-0.3, -0.25) is 4.79 Å². The fraction of sp³-hybridized carbons (Fsp3) is 0.517. The van der Waals surface area contributed by atoms with Crippen molar-refractivity contribution in [1.29, 1.82) is 0 Å². The maximum Gasteiger partial charge on any atom is 0.410 e. The zero-order chi connectivity index (χ0) is 27.5. The van der Waals surface area contributed by atoms with E-state index in [9.17, 15) is 9.59 Å². The highest BCUT2D eigenvalue weighted by Crippen LogP contribution is 2.29. The number of rotatable bonds is 6. The number of carbonyl (C=O) groups is 2. The minimum atomic E-state index is -0.572. The number of nitrogens with zero attached hydrogens (tertiary/aromatic N) is 3. The Morgan fingerprint density at radius 2 is 1.70 bits per heavy atom. The number of likely N-dealkylation sites (N-methyl/N-ethyl adjacent to an activating group) is 2. The Morgan fingerprint density at radius 1 is 1.05 bits per heavy atom. The minimum Gasteiger partial charge on any atom is -0.484 e. The van der Waals surface area contributed by atoms with E-state index >= 15 is 4.39 Å². The van der Waals surface area contributed by atoms with Crippen molar-refractivity contribution in [2.45, 2.75) is 65.0 Å². The van der Waals surface area contributed by atoms with Crippen LogP contribution in [0, 0.1) is 5.82 Å². The molecule has 1 atom stereocenters. The van der Waals surface area contributed by atoms with Gasteiger partial charge in [-0.2, -0.15) is 0 Å². The van der Waals surface area contributed by atoms with E-state index in [0.717, 1.165) is 0 Å². The number of anilines is 2. The van der Waals surface area contributed by atoms with Crippen molar-refractivity contribution in [3.05, 3.63) is 53.8 Å². The minimum absolute atomic E-state index is 0. The van der Waals surface area contributed by atoms with Gasteiger partial charge in [0.15, 0.2) is 6.61 Å². The molecule has 1 aliphatic heterocycles. The normalized spacial score (nSPS) is 15.9. The first kappa shape index (κ1) is 28.3. The molecule has 0 spiro atoms. The van der Waals surface area contributed by atoms with E-state index in [-0.39, 0.29) is 31.5 Å². The van der Waals surface area contributed by atoms with Crippen molar-refractivity contribution >= 4 is 23.4 Å². The standard InChI is InChI=1S/C29H40FN3O4.H2/c1-28(2,3)20-9-12-23(13-10-20)36-19-26(34)31(7)21-11-14-25(24(30)17-21)33-16-15-22(18-33)32(8)27(35)37-29(4,5)6;/h9-14,17,22H,15-16,18-19H2,1-8H3;1H. The van der Waals surface area contributed by atoms with Gasteiger partial charge in [-0.05, 0) is 68.5 Å². The molecule has 0 bridgehead atoms. The van der Waals surface area contributed by atoms with Crippen LogP contribution in [0.1, 0.15) is 55.0 Å². The summed E-state index contributed by atoms with van der Waals surface area (Å²) in [5, 5.41) is 0. The van der Waals surface area contributed by atoms with E-state index in [1.165, 1.54) is 16.5 Å². The van der Waals surface area contributed by atoms with Crippen LogP contribution in [-0.4, -0.2) is 62.3 Å². The molecule has 2 amide bonds. The van der Waals surface area contributed by atoms with Crippen LogP contribution in [0.25, 0.3) is 0 Å². The van der Waals surface area contributed by atoms with Crippen molar-refractivity contribution in [1.82, 2.24) is 4.90 Å². The Kier molecular flexibility index (Phi) is 8.40. The summed E-state index contributed by atoms with van der Waals surface area (Å²) in [6.45, 7) is 12.9. The van der Waals surface area contributed by atoms with E-state index in [1.54, 1.807) is 31.1 Å². The van der Waals surface area contributed by atoms with E-state index < -0.39 is 11.4 Å². The van der Waals surface area contributed by atoms with Crippen molar-refractivity contribution < 1.29 is 24.9 Å². The third-order valence-corrected chi connectivity index (χ3v) is 6.51. The molecule has 37 heavy (non-hydrogen) atoms. The van der Waals surface area contributed by atoms with Crippen LogP contribution in [0.3, 0.4) is 0 Å². The first-order chi connectivity index (χ1) is 17.2. The van der Waals surface area contributed by atoms with Crippen LogP contribution in [0.2, 0.25) is 0 Å². The lowest BCUT2D eigenvalue weighted by molar-refractivity contribution is -0.120. The first-order valence-corrected chi connectivity index (χ1v) is 12.7. The number of ether oxygens (including phenoxy) is 2. The molecule has 0 aromatic heterocycles. The predicted octanol–water partition coefficient (Wildman–Crippen LogP) is 5.86.